The van der Waals surface area contributed by atoms with Crippen molar-refractivity contribution in [2.24, 2.45) is 5.92 Å². The third kappa shape index (κ3) is 4.15. The number of hydrogen-bond donors (Lipinski definition) is 1. The number of allylic oxidation sites excluding steroid dienone is 1. The molecule has 0 saturated heterocycles. The summed E-state index contributed by atoms with van der Waals surface area (Å²) in [5, 5.41) is 3.01. The first-order valence-corrected chi connectivity index (χ1v) is 7.24. The number of carbonyl (C=O) groups is 1. The van der Waals surface area contributed by atoms with E-state index in [-0.39, 0.29) is 11.9 Å². The van der Waals surface area contributed by atoms with Crippen molar-refractivity contribution < 1.29 is 9.18 Å². The number of nitrogens with one attached hydrogen (secondary N) is 1. The van der Waals surface area contributed by atoms with Gasteiger partial charge in [-0.15, -0.1) is 0 Å². The first-order valence-electron chi connectivity index (χ1n) is 7.24. The van der Waals surface area contributed by atoms with Crippen LogP contribution < -0.4 is 5.32 Å². The van der Waals surface area contributed by atoms with E-state index in [0.717, 1.165) is 18.4 Å². The molecule has 1 unspecified atom stereocenters. The van der Waals surface area contributed by atoms with E-state index in [1.165, 1.54) is 31.4 Å². The molecule has 3 nitrogen and oxygen atoms in total. The Morgan fingerprint density at radius 1 is 1.45 bits per heavy atom. The molecule has 1 N–H and O–H groups in total. The fourth-order valence-corrected chi connectivity index (χ4v) is 2.85. The molecular formula is C16H21FN2O. The van der Waals surface area contributed by atoms with Crippen LogP contribution in [0.4, 0.5) is 4.39 Å². The van der Waals surface area contributed by atoms with Crippen molar-refractivity contribution in [3.8, 4) is 0 Å². The van der Waals surface area contributed by atoms with Gasteiger partial charge in [-0.05, 0) is 36.5 Å². The van der Waals surface area contributed by atoms with Crippen molar-refractivity contribution in [2.75, 3.05) is 6.67 Å². The van der Waals surface area contributed by atoms with E-state index in [2.05, 4.69) is 10.3 Å². The van der Waals surface area contributed by atoms with E-state index in [0.29, 0.717) is 5.92 Å². The van der Waals surface area contributed by atoms with Gasteiger partial charge in [0.15, 0.2) is 0 Å². The van der Waals surface area contributed by atoms with Crippen molar-refractivity contribution in [3.63, 3.8) is 0 Å². The monoisotopic (exact) mass is 276 g/mol. The van der Waals surface area contributed by atoms with E-state index in [1.807, 2.05) is 12.1 Å². The van der Waals surface area contributed by atoms with Crippen LogP contribution in [-0.2, 0) is 4.79 Å². The topological polar surface area (TPSA) is 42.0 Å². The first-order chi connectivity index (χ1) is 9.81. The fourth-order valence-electron chi connectivity index (χ4n) is 2.85. The Morgan fingerprint density at radius 3 is 2.90 bits per heavy atom. The number of pyridine rings is 1. The molecule has 1 fully saturated rings. The van der Waals surface area contributed by atoms with Crippen LogP contribution in [0.15, 0.2) is 36.7 Å². The van der Waals surface area contributed by atoms with Gasteiger partial charge in [0.2, 0.25) is 5.91 Å². The summed E-state index contributed by atoms with van der Waals surface area (Å²) in [5.74, 6) is 0.206. The fraction of sp³-hybridized carbons (Fsp3) is 0.500. The predicted octanol–water partition coefficient (Wildman–Crippen LogP) is 3.34. The number of halogens is 1. The molecule has 108 valence electrons. The summed E-state index contributed by atoms with van der Waals surface area (Å²) in [5.41, 5.74) is 1.03. The van der Waals surface area contributed by atoms with E-state index in [4.69, 9.17) is 0 Å². The van der Waals surface area contributed by atoms with Crippen molar-refractivity contribution >= 4 is 5.91 Å². The average Bonchev–Trinajstić information content (AvgIpc) is 2.52. The summed E-state index contributed by atoms with van der Waals surface area (Å²) in [6.45, 7) is -0.617. The van der Waals surface area contributed by atoms with Crippen molar-refractivity contribution in [1.29, 1.82) is 0 Å². The van der Waals surface area contributed by atoms with Crippen LogP contribution in [0, 0.1) is 5.92 Å². The number of nitrogens with zero attached hydrogens (tertiary/aromatic N) is 1. The lowest BCUT2D eigenvalue weighted by Gasteiger charge is -2.30. The number of rotatable bonds is 5. The minimum Gasteiger partial charge on any atom is -0.345 e. The lowest BCUT2D eigenvalue weighted by atomic mass is 9.81. The van der Waals surface area contributed by atoms with Gasteiger partial charge >= 0.3 is 0 Å². The molecular weight excluding hydrogens is 255 g/mol. The van der Waals surface area contributed by atoms with Gasteiger partial charge in [0, 0.05) is 18.5 Å². The zero-order valence-corrected chi connectivity index (χ0v) is 11.6. The lowest BCUT2D eigenvalue weighted by Crippen LogP contribution is -2.33. The minimum atomic E-state index is -0.617. The number of aromatic nitrogens is 1. The molecule has 4 heteroatoms. The number of hydrogen-bond acceptors (Lipinski definition) is 2. The molecule has 1 aliphatic rings. The molecule has 2 rings (SSSR count). The smallest absolute Gasteiger partial charge is 0.244 e. The largest absolute Gasteiger partial charge is 0.345 e. The molecule has 20 heavy (non-hydrogen) atoms. The predicted molar refractivity (Wildman–Crippen MR) is 76.8 cm³/mol. The summed E-state index contributed by atoms with van der Waals surface area (Å²) >= 11 is 0. The van der Waals surface area contributed by atoms with Crippen LogP contribution in [-0.4, -0.2) is 17.6 Å². The van der Waals surface area contributed by atoms with Crippen LogP contribution in [0.3, 0.4) is 0 Å². The molecule has 1 atom stereocenters. The van der Waals surface area contributed by atoms with E-state index in [1.54, 1.807) is 12.4 Å². The average molecular weight is 276 g/mol. The third-order valence-corrected chi connectivity index (χ3v) is 3.82. The summed E-state index contributed by atoms with van der Waals surface area (Å²) in [4.78, 5) is 16.0. The Morgan fingerprint density at radius 2 is 2.25 bits per heavy atom. The minimum absolute atomic E-state index is 0.0271. The highest BCUT2D eigenvalue weighted by molar-refractivity contribution is 5.87. The van der Waals surface area contributed by atoms with Gasteiger partial charge in [0.25, 0.3) is 0 Å². The molecule has 1 amide bonds. The normalized spacial score (nSPS) is 18.1. The standard InChI is InChI=1S/C16H21FN2O/c17-10-4-9-15(20)19-16(13-6-2-1-3-7-13)14-8-5-11-18-12-14/h4-5,8-9,11-13,16H,1-3,6-7,10H2,(H,19,20)/b9-4+. The van der Waals surface area contributed by atoms with Crippen molar-refractivity contribution in [3.05, 3.63) is 42.2 Å². The second-order valence-corrected chi connectivity index (χ2v) is 5.23. The Kier molecular flexibility index (Phi) is 5.71. The van der Waals surface area contributed by atoms with Gasteiger partial charge in [-0.25, -0.2) is 4.39 Å². The molecule has 1 saturated carbocycles. The number of carbonyl (C=O) groups excluding carboxylic acids is 1. The van der Waals surface area contributed by atoms with Gasteiger partial charge in [-0.1, -0.05) is 25.3 Å². The molecule has 1 aromatic heterocycles. The molecule has 0 aliphatic heterocycles. The van der Waals surface area contributed by atoms with Crippen molar-refractivity contribution in [2.45, 2.75) is 38.1 Å². The van der Waals surface area contributed by atoms with Crippen LogP contribution in [0.1, 0.15) is 43.7 Å². The third-order valence-electron chi connectivity index (χ3n) is 3.82. The Bertz CT molecular complexity index is 441. The number of alkyl halides is 1. The quantitative estimate of drug-likeness (QED) is 0.838. The maximum atomic E-state index is 12.1. The molecule has 1 aliphatic carbocycles. The molecule has 1 aromatic rings. The van der Waals surface area contributed by atoms with Gasteiger partial charge in [-0.2, -0.15) is 0 Å². The Labute approximate surface area is 119 Å². The molecule has 0 radical (unpaired) electrons. The molecule has 1 heterocycles. The maximum Gasteiger partial charge on any atom is 0.244 e. The lowest BCUT2D eigenvalue weighted by molar-refractivity contribution is -0.117. The van der Waals surface area contributed by atoms with Gasteiger partial charge in [-0.3, -0.25) is 9.78 Å². The molecule has 0 aromatic carbocycles. The van der Waals surface area contributed by atoms with Crippen LogP contribution >= 0.6 is 0 Å². The summed E-state index contributed by atoms with van der Waals surface area (Å²) < 4.78 is 12.1. The van der Waals surface area contributed by atoms with Crippen LogP contribution in [0.2, 0.25) is 0 Å². The van der Waals surface area contributed by atoms with Crippen molar-refractivity contribution in [1.82, 2.24) is 10.3 Å². The SMILES string of the molecule is O=C(/C=C/CF)NC(c1cccnc1)C1CCCCC1. The van der Waals surface area contributed by atoms with E-state index >= 15 is 0 Å². The van der Waals surface area contributed by atoms with Gasteiger partial charge in [0.05, 0.1) is 6.04 Å². The Balaban J connectivity index is 2.11. The maximum absolute atomic E-state index is 12.1. The van der Waals surface area contributed by atoms with Gasteiger partial charge in [0.1, 0.15) is 6.67 Å². The summed E-state index contributed by atoms with van der Waals surface area (Å²) in [6.07, 6.45) is 12.0. The van der Waals surface area contributed by atoms with Gasteiger partial charge < -0.3 is 5.32 Å². The molecule has 0 spiro atoms. The number of amides is 1. The zero-order chi connectivity index (χ0) is 14.2. The Hall–Kier alpha value is -1.71. The second-order valence-electron chi connectivity index (χ2n) is 5.23. The van der Waals surface area contributed by atoms with Crippen LogP contribution in [0.5, 0.6) is 0 Å². The summed E-state index contributed by atoms with van der Waals surface area (Å²) in [7, 11) is 0. The van der Waals surface area contributed by atoms with Crippen LogP contribution in [0.25, 0.3) is 0 Å². The van der Waals surface area contributed by atoms with E-state index in [9.17, 15) is 9.18 Å². The summed E-state index contributed by atoms with van der Waals surface area (Å²) in [6, 6.07) is 3.85. The second kappa shape index (κ2) is 7.78. The highest BCUT2D eigenvalue weighted by Crippen LogP contribution is 2.34. The highest BCUT2D eigenvalue weighted by Gasteiger charge is 2.26. The zero-order valence-electron chi connectivity index (χ0n) is 11.6. The van der Waals surface area contributed by atoms with E-state index < -0.39 is 6.67 Å². The molecule has 0 bridgehead atoms. The first kappa shape index (κ1) is 14.7. The highest BCUT2D eigenvalue weighted by atomic mass is 19.1.